The van der Waals surface area contributed by atoms with Crippen LogP contribution in [0.3, 0.4) is 0 Å². The quantitative estimate of drug-likeness (QED) is 0.529. The maximum absolute atomic E-state index is 12.9. The van der Waals surface area contributed by atoms with Gasteiger partial charge in [0.15, 0.2) is 17.3 Å². The molecular weight excluding hydrogens is 460 g/mol. The molecule has 2 aromatic carbocycles. The number of amides is 2. The van der Waals surface area contributed by atoms with Gasteiger partial charge in [0.05, 0.1) is 26.2 Å². The Hall–Kier alpha value is -3.55. The van der Waals surface area contributed by atoms with Gasteiger partial charge in [0.2, 0.25) is 11.7 Å². The monoisotopic (exact) mass is 494 g/mol. The molecule has 8 nitrogen and oxygen atoms in total. The lowest BCUT2D eigenvalue weighted by atomic mass is 9.82. The molecule has 0 saturated carbocycles. The summed E-state index contributed by atoms with van der Waals surface area (Å²) in [4.78, 5) is 39.6. The number of carbonyl (C=O) groups is 3. The van der Waals surface area contributed by atoms with Gasteiger partial charge in [-0.05, 0) is 37.1 Å². The van der Waals surface area contributed by atoms with Crippen LogP contribution in [0.1, 0.15) is 65.7 Å². The van der Waals surface area contributed by atoms with Crippen LogP contribution in [-0.4, -0.2) is 62.0 Å². The number of piperidine rings is 1. The van der Waals surface area contributed by atoms with Crippen molar-refractivity contribution >= 4 is 17.6 Å². The number of hydrogen-bond acceptors (Lipinski definition) is 6. The third-order valence-corrected chi connectivity index (χ3v) is 7.02. The van der Waals surface area contributed by atoms with Gasteiger partial charge in [0.25, 0.3) is 5.91 Å². The van der Waals surface area contributed by atoms with E-state index in [1.165, 1.54) is 7.11 Å². The molecule has 2 amide bonds. The summed E-state index contributed by atoms with van der Waals surface area (Å²) < 4.78 is 17.3. The average Bonchev–Trinajstić information content (AvgIpc) is 2.90. The highest BCUT2D eigenvalue weighted by Crippen LogP contribution is 2.47. The number of fused-ring (bicyclic) bond motifs is 1. The van der Waals surface area contributed by atoms with E-state index in [1.807, 2.05) is 23.1 Å². The van der Waals surface area contributed by atoms with E-state index in [-0.39, 0.29) is 17.6 Å². The van der Waals surface area contributed by atoms with Crippen molar-refractivity contribution in [2.45, 2.75) is 50.5 Å². The Morgan fingerprint density at radius 3 is 2.44 bits per heavy atom. The van der Waals surface area contributed by atoms with E-state index in [0.29, 0.717) is 73.7 Å². The number of hydrogen-bond donors (Lipinski definition) is 1. The summed E-state index contributed by atoms with van der Waals surface area (Å²) in [7, 11) is 3.08. The molecule has 0 aromatic heterocycles. The Balaban J connectivity index is 1.21. The first-order chi connectivity index (χ1) is 17.5. The summed E-state index contributed by atoms with van der Waals surface area (Å²) in [6, 6.07) is 12.6. The number of unbranched alkanes of at least 4 members (excludes halogenated alkanes) is 2. The smallest absolute Gasteiger partial charge is 0.251 e. The summed E-state index contributed by atoms with van der Waals surface area (Å²) in [5, 5.41) is 2.92. The molecule has 0 unspecified atom stereocenters. The van der Waals surface area contributed by atoms with E-state index in [0.717, 1.165) is 19.3 Å². The van der Waals surface area contributed by atoms with Crippen LogP contribution in [0.2, 0.25) is 0 Å². The second-order valence-electron chi connectivity index (χ2n) is 9.38. The van der Waals surface area contributed by atoms with Crippen LogP contribution in [0.5, 0.6) is 17.2 Å². The van der Waals surface area contributed by atoms with Crippen molar-refractivity contribution in [3.05, 3.63) is 53.6 Å². The van der Waals surface area contributed by atoms with Crippen molar-refractivity contribution in [3.8, 4) is 17.2 Å². The van der Waals surface area contributed by atoms with Crippen molar-refractivity contribution in [2.24, 2.45) is 0 Å². The first-order valence-electron chi connectivity index (χ1n) is 12.5. The maximum atomic E-state index is 12.9. The number of likely N-dealkylation sites (tertiary alicyclic amines) is 1. The first kappa shape index (κ1) is 25.5. The topological polar surface area (TPSA) is 94.2 Å². The van der Waals surface area contributed by atoms with Crippen LogP contribution in [0, 0.1) is 0 Å². The summed E-state index contributed by atoms with van der Waals surface area (Å²) in [6.07, 6.45) is 4.44. The molecule has 8 heteroatoms. The molecule has 1 N–H and O–H groups in total. The van der Waals surface area contributed by atoms with Crippen LogP contribution in [0.25, 0.3) is 0 Å². The molecule has 0 aliphatic carbocycles. The molecule has 0 radical (unpaired) electrons. The highest BCUT2D eigenvalue weighted by atomic mass is 16.5. The van der Waals surface area contributed by atoms with Crippen molar-refractivity contribution < 1.29 is 28.6 Å². The second-order valence-corrected chi connectivity index (χ2v) is 9.38. The van der Waals surface area contributed by atoms with E-state index in [2.05, 4.69) is 5.32 Å². The summed E-state index contributed by atoms with van der Waals surface area (Å²) in [6.45, 7) is 1.71. The Kier molecular flexibility index (Phi) is 8.13. The largest absolute Gasteiger partial charge is 0.493 e. The lowest BCUT2D eigenvalue weighted by Crippen LogP contribution is -2.52. The van der Waals surface area contributed by atoms with E-state index in [4.69, 9.17) is 14.2 Å². The number of nitrogens with one attached hydrogen (secondary N) is 1. The zero-order valence-electron chi connectivity index (χ0n) is 21.0. The number of ketones is 1. The Labute approximate surface area is 211 Å². The van der Waals surface area contributed by atoms with Crippen molar-refractivity contribution in [3.63, 3.8) is 0 Å². The van der Waals surface area contributed by atoms with Crippen LogP contribution >= 0.6 is 0 Å². The predicted octanol–water partition coefficient (Wildman–Crippen LogP) is 4.02. The zero-order chi connectivity index (χ0) is 25.5. The van der Waals surface area contributed by atoms with Crippen LogP contribution in [-0.2, 0) is 4.79 Å². The number of carbonyl (C=O) groups excluding carboxylic acids is 3. The molecule has 36 heavy (non-hydrogen) atoms. The number of rotatable bonds is 9. The number of ether oxygens (including phenoxy) is 3. The van der Waals surface area contributed by atoms with Crippen molar-refractivity contribution in [1.29, 1.82) is 0 Å². The molecule has 2 aliphatic heterocycles. The van der Waals surface area contributed by atoms with Gasteiger partial charge in [0.1, 0.15) is 5.60 Å². The molecule has 2 aliphatic rings. The summed E-state index contributed by atoms with van der Waals surface area (Å²) >= 11 is 0. The molecule has 0 bridgehead atoms. The number of Topliss-reactive ketones (excluding diaryl/α,β-unsaturated/α-hetero) is 1. The Morgan fingerprint density at radius 2 is 1.75 bits per heavy atom. The first-order valence-corrected chi connectivity index (χ1v) is 12.5. The second kappa shape index (κ2) is 11.5. The van der Waals surface area contributed by atoms with E-state index < -0.39 is 5.60 Å². The fourth-order valence-electron chi connectivity index (χ4n) is 4.93. The van der Waals surface area contributed by atoms with Crippen molar-refractivity contribution in [1.82, 2.24) is 10.2 Å². The van der Waals surface area contributed by atoms with E-state index >= 15 is 0 Å². The average molecular weight is 495 g/mol. The van der Waals surface area contributed by atoms with E-state index in [1.54, 1.807) is 31.4 Å². The van der Waals surface area contributed by atoms with Crippen LogP contribution in [0.15, 0.2) is 42.5 Å². The van der Waals surface area contributed by atoms with Gasteiger partial charge in [-0.25, -0.2) is 0 Å². The third-order valence-electron chi connectivity index (χ3n) is 7.02. The molecule has 0 atom stereocenters. The predicted molar refractivity (Wildman–Crippen MR) is 135 cm³/mol. The molecule has 4 rings (SSSR count). The lowest BCUT2D eigenvalue weighted by molar-refractivity contribution is -0.134. The van der Waals surface area contributed by atoms with Gasteiger partial charge in [-0.2, -0.15) is 0 Å². The molecule has 2 heterocycles. The highest BCUT2D eigenvalue weighted by molar-refractivity contribution is 6.01. The summed E-state index contributed by atoms with van der Waals surface area (Å²) in [5.74, 6) is 1.47. The number of methoxy groups -OCH3 is 2. The van der Waals surface area contributed by atoms with Gasteiger partial charge in [-0.15, -0.1) is 0 Å². The molecular formula is C28H34N2O6. The normalized spacial score (nSPS) is 16.2. The zero-order valence-corrected chi connectivity index (χ0v) is 21.0. The molecule has 1 fully saturated rings. The number of nitrogens with zero attached hydrogens (tertiary/aromatic N) is 1. The minimum Gasteiger partial charge on any atom is -0.493 e. The minimum atomic E-state index is -0.628. The molecule has 2 aromatic rings. The minimum absolute atomic E-state index is 0.0244. The van der Waals surface area contributed by atoms with Gasteiger partial charge in [-0.3, -0.25) is 14.4 Å². The van der Waals surface area contributed by atoms with Gasteiger partial charge >= 0.3 is 0 Å². The van der Waals surface area contributed by atoms with Crippen LogP contribution in [0.4, 0.5) is 0 Å². The third kappa shape index (κ3) is 5.64. The summed E-state index contributed by atoms with van der Waals surface area (Å²) in [5.41, 5.74) is 0.536. The Morgan fingerprint density at radius 1 is 1.00 bits per heavy atom. The van der Waals surface area contributed by atoms with Gasteiger partial charge in [-0.1, -0.05) is 24.6 Å². The lowest BCUT2D eigenvalue weighted by Gasteiger charge is -2.44. The maximum Gasteiger partial charge on any atom is 0.251 e. The number of benzene rings is 2. The molecule has 192 valence electrons. The van der Waals surface area contributed by atoms with Gasteiger partial charge < -0.3 is 24.4 Å². The van der Waals surface area contributed by atoms with Crippen molar-refractivity contribution in [2.75, 3.05) is 33.9 Å². The SMILES string of the molecule is COc1ccc2c(c1OC)OC1(CCN(C(=O)CCCCCNC(=O)c3ccccc3)CC1)CC2=O. The fraction of sp³-hybridized carbons (Fsp3) is 0.464. The van der Waals surface area contributed by atoms with E-state index in [9.17, 15) is 14.4 Å². The highest BCUT2D eigenvalue weighted by Gasteiger charge is 2.45. The Bertz CT molecular complexity index is 1090. The molecule has 1 spiro atoms. The standard InChI is InChI=1S/C28H34N2O6/c1-34-23-13-12-21-22(31)19-28(36-25(21)26(23)35-2)14-17-30(18-15-28)24(32)11-7-4-8-16-29-27(33)20-9-5-3-6-10-20/h3,5-6,9-10,12-13H,4,7-8,11,14-19H2,1-2H3,(H,29,33). The molecule has 1 saturated heterocycles. The van der Waals surface area contributed by atoms with Gasteiger partial charge in [0, 0.05) is 44.5 Å². The fourth-order valence-corrected chi connectivity index (χ4v) is 4.93. The van der Waals surface area contributed by atoms with Crippen LogP contribution < -0.4 is 19.5 Å².